The van der Waals surface area contributed by atoms with Crippen molar-refractivity contribution in [1.82, 2.24) is 5.43 Å². The van der Waals surface area contributed by atoms with Gasteiger partial charge in [0.2, 0.25) is 0 Å². The number of fused-ring (bicyclic) bond motifs is 1. The van der Waals surface area contributed by atoms with Crippen LogP contribution in [-0.2, 0) is 0 Å². The zero-order valence-electron chi connectivity index (χ0n) is 18.5. The molecule has 0 bridgehead atoms. The molecule has 1 aliphatic heterocycles. The molecular weight excluding hydrogens is 430 g/mol. The minimum atomic E-state index is -2.70. The number of hydrazine groups is 1. The highest BCUT2D eigenvalue weighted by molar-refractivity contribution is 5.99. The van der Waals surface area contributed by atoms with Gasteiger partial charge in [-0.15, -0.1) is 0 Å². The van der Waals surface area contributed by atoms with Gasteiger partial charge in [-0.2, -0.15) is 0 Å². The topological polar surface area (TPSA) is 101 Å². The van der Waals surface area contributed by atoms with Crippen LogP contribution in [0.3, 0.4) is 0 Å². The standard InChI is InChI=1S/C24H26F2N4O3/c1-14-11-17(15(2)28-19-6-4-3-5-16(19)23(32)29-27)22-18(12-14)20(31)13-21(33-22)30-9-7-24(25,26)8-10-30/h3-6,11-13,15,28H,7-10,27H2,1-2H3,(H,29,32)/t15-/m1/s1. The maximum Gasteiger partial charge on any atom is 0.267 e. The number of halogens is 2. The molecule has 4 rings (SSSR count). The molecule has 1 fully saturated rings. The van der Waals surface area contributed by atoms with Crippen LogP contribution < -0.4 is 26.9 Å². The van der Waals surface area contributed by atoms with Gasteiger partial charge in [0.15, 0.2) is 11.3 Å². The summed E-state index contributed by atoms with van der Waals surface area (Å²) in [5.74, 6) is 2.45. The molecule has 1 aromatic heterocycles. The number of amides is 1. The number of nitrogens with two attached hydrogens (primary N) is 1. The van der Waals surface area contributed by atoms with Crippen molar-refractivity contribution in [3.63, 3.8) is 0 Å². The summed E-state index contributed by atoms with van der Waals surface area (Å²) in [6, 6.07) is 11.6. The van der Waals surface area contributed by atoms with Crippen LogP contribution in [0.2, 0.25) is 0 Å². The van der Waals surface area contributed by atoms with E-state index in [-0.39, 0.29) is 43.3 Å². The monoisotopic (exact) mass is 456 g/mol. The van der Waals surface area contributed by atoms with Crippen LogP contribution >= 0.6 is 0 Å². The van der Waals surface area contributed by atoms with Gasteiger partial charge in [-0.3, -0.25) is 15.0 Å². The lowest BCUT2D eigenvalue weighted by Crippen LogP contribution is -2.39. The third-order valence-corrected chi connectivity index (χ3v) is 5.94. The molecule has 0 radical (unpaired) electrons. The Morgan fingerprint density at radius 1 is 1.18 bits per heavy atom. The fraction of sp³-hybridized carbons (Fsp3) is 0.333. The molecule has 1 atom stereocenters. The number of hydrogen-bond acceptors (Lipinski definition) is 6. The van der Waals surface area contributed by atoms with E-state index in [4.69, 9.17) is 10.3 Å². The van der Waals surface area contributed by atoms with Crippen LogP contribution in [0, 0.1) is 6.92 Å². The van der Waals surface area contributed by atoms with Gasteiger partial charge >= 0.3 is 0 Å². The number of piperidine rings is 1. The Balaban J connectivity index is 1.74. The summed E-state index contributed by atoms with van der Waals surface area (Å²) in [6.45, 7) is 3.99. The van der Waals surface area contributed by atoms with Crippen molar-refractivity contribution < 1.29 is 18.0 Å². The number of alkyl halides is 2. The Hall–Kier alpha value is -3.46. The van der Waals surface area contributed by atoms with Crippen LogP contribution in [0.25, 0.3) is 11.0 Å². The first-order chi connectivity index (χ1) is 15.7. The number of hydrogen-bond donors (Lipinski definition) is 3. The van der Waals surface area contributed by atoms with Crippen molar-refractivity contribution in [2.75, 3.05) is 23.3 Å². The first-order valence-electron chi connectivity index (χ1n) is 10.8. The lowest BCUT2D eigenvalue weighted by molar-refractivity contribution is -0.0225. The summed E-state index contributed by atoms with van der Waals surface area (Å²) in [5, 5.41) is 3.71. The Kier molecular flexibility index (Phi) is 6.07. The van der Waals surface area contributed by atoms with E-state index in [1.165, 1.54) is 6.07 Å². The number of nitrogens with zero attached hydrogens (tertiary/aromatic N) is 1. The van der Waals surface area contributed by atoms with Gasteiger partial charge < -0.3 is 14.6 Å². The number of rotatable bonds is 5. The summed E-state index contributed by atoms with van der Waals surface area (Å²) in [5.41, 5.74) is 4.82. The number of aryl methyl sites for hydroxylation is 1. The van der Waals surface area contributed by atoms with E-state index in [1.807, 2.05) is 19.9 Å². The minimum Gasteiger partial charge on any atom is -0.440 e. The van der Waals surface area contributed by atoms with E-state index in [9.17, 15) is 18.4 Å². The van der Waals surface area contributed by atoms with Crippen LogP contribution in [0.5, 0.6) is 0 Å². The van der Waals surface area contributed by atoms with Crippen LogP contribution in [0.1, 0.15) is 47.3 Å². The molecule has 4 N–H and O–H groups in total. The lowest BCUT2D eigenvalue weighted by Gasteiger charge is -2.32. The molecule has 33 heavy (non-hydrogen) atoms. The molecule has 1 aliphatic rings. The molecule has 1 amide bonds. The maximum absolute atomic E-state index is 13.6. The quantitative estimate of drug-likeness (QED) is 0.303. The third-order valence-electron chi connectivity index (χ3n) is 5.94. The van der Waals surface area contributed by atoms with Gasteiger partial charge in [-0.25, -0.2) is 14.6 Å². The molecule has 9 heteroatoms. The van der Waals surface area contributed by atoms with Gasteiger partial charge in [-0.1, -0.05) is 18.2 Å². The molecule has 7 nitrogen and oxygen atoms in total. The second-order valence-corrected chi connectivity index (χ2v) is 8.41. The average molecular weight is 456 g/mol. The normalized spacial score (nSPS) is 16.5. The molecule has 2 heterocycles. The van der Waals surface area contributed by atoms with Crippen LogP contribution in [0.4, 0.5) is 20.4 Å². The largest absolute Gasteiger partial charge is 0.440 e. The van der Waals surface area contributed by atoms with Crippen molar-refractivity contribution in [1.29, 1.82) is 0 Å². The zero-order chi connectivity index (χ0) is 23.8. The molecule has 2 aromatic carbocycles. The molecule has 1 saturated heterocycles. The minimum absolute atomic E-state index is 0.109. The van der Waals surface area contributed by atoms with E-state index >= 15 is 0 Å². The predicted octanol–water partition coefficient (Wildman–Crippen LogP) is 4.11. The number of carbonyl (C=O) groups is 1. The van der Waals surface area contributed by atoms with Gasteiger partial charge in [-0.05, 0) is 37.6 Å². The smallest absolute Gasteiger partial charge is 0.267 e. The van der Waals surface area contributed by atoms with Crippen molar-refractivity contribution in [3.8, 4) is 0 Å². The highest BCUT2D eigenvalue weighted by Crippen LogP contribution is 2.33. The predicted molar refractivity (Wildman–Crippen MR) is 124 cm³/mol. The summed E-state index contributed by atoms with van der Waals surface area (Å²) >= 11 is 0. The molecule has 0 aliphatic carbocycles. The number of anilines is 2. The van der Waals surface area contributed by atoms with Crippen LogP contribution in [0.15, 0.2) is 51.7 Å². The number of benzene rings is 2. The Morgan fingerprint density at radius 2 is 1.88 bits per heavy atom. The molecule has 0 saturated carbocycles. The summed E-state index contributed by atoms with van der Waals surface area (Å²) in [7, 11) is 0. The lowest BCUT2D eigenvalue weighted by atomic mass is 10.0. The van der Waals surface area contributed by atoms with E-state index in [2.05, 4.69) is 10.7 Å². The number of para-hydroxylation sites is 1. The maximum atomic E-state index is 13.6. The van der Waals surface area contributed by atoms with E-state index in [0.717, 1.165) is 5.56 Å². The number of nitrogen functional groups attached to an aromatic ring is 1. The second kappa shape index (κ2) is 8.82. The molecule has 0 unspecified atom stereocenters. The third kappa shape index (κ3) is 4.68. The van der Waals surface area contributed by atoms with Crippen LogP contribution in [-0.4, -0.2) is 24.9 Å². The molecule has 174 valence electrons. The first-order valence-corrected chi connectivity index (χ1v) is 10.8. The number of carbonyl (C=O) groups excluding carboxylic acids is 1. The van der Waals surface area contributed by atoms with Gasteiger partial charge in [0.1, 0.15) is 5.58 Å². The van der Waals surface area contributed by atoms with Crippen molar-refractivity contribution in [2.24, 2.45) is 5.84 Å². The Labute approximate surface area is 189 Å². The first kappa shape index (κ1) is 22.7. The van der Waals surface area contributed by atoms with Gasteiger partial charge in [0, 0.05) is 43.2 Å². The van der Waals surface area contributed by atoms with Crippen molar-refractivity contribution in [2.45, 2.75) is 38.7 Å². The fourth-order valence-corrected chi connectivity index (χ4v) is 4.15. The molecule has 0 spiro atoms. The number of nitrogens with one attached hydrogen (secondary N) is 2. The van der Waals surface area contributed by atoms with Crippen molar-refractivity contribution >= 4 is 28.4 Å². The SMILES string of the molecule is Cc1cc([C@@H](C)Nc2ccccc2C(=O)NN)c2oc(N3CCC(F)(F)CC3)cc(=O)c2c1. The molecule has 3 aromatic rings. The zero-order valence-corrected chi connectivity index (χ0v) is 18.5. The Bertz CT molecular complexity index is 1250. The second-order valence-electron chi connectivity index (χ2n) is 8.41. The summed E-state index contributed by atoms with van der Waals surface area (Å²) < 4.78 is 33.3. The van der Waals surface area contributed by atoms with E-state index < -0.39 is 11.8 Å². The van der Waals surface area contributed by atoms with E-state index in [1.54, 1.807) is 35.2 Å². The van der Waals surface area contributed by atoms with Gasteiger partial charge in [0.25, 0.3) is 11.8 Å². The van der Waals surface area contributed by atoms with Crippen molar-refractivity contribution in [3.05, 3.63) is 69.4 Å². The van der Waals surface area contributed by atoms with E-state index in [0.29, 0.717) is 27.8 Å². The van der Waals surface area contributed by atoms with Gasteiger partial charge in [0.05, 0.1) is 17.0 Å². The summed E-state index contributed by atoms with van der Waals surface area (Å²) in [6.07, 6.45) is -0.569. The fourth-order valence-electron chi connectivity index (χ4n) is 4.15. The Morgan fingerprint density at radius 3 is 2.58 bits per heavy atom. The average Bonchev–Trinajstić information content (AvgIpc) is 2.78. The summed E-state index contributed by atoms with van der Waals surface area (Å²) in [4.78, 5) is 26.7. The highest BCUT2D eigenvalue weighted by atomic mass is 19.3. The molecular formula is C24H26F2N4O3. The highest BCUT2D eigenvalue weighted by Gasteiger charge is 2.35.